The highest BCUT2D eigenvalue weighted by Crippen LogP contribution is 2.10. The lowest BCUT2D eigenvalue weighted by Gasteiger charge is -2.04. The number of rotatable bonds is 2. The smallest absolute Gasteiger partial charge is 0.307 e. The number of aryl methyl sites for hydroxylation is 2. The first-order valence-electron chi connectivity index (χ1n) is 3.74. The summed E-state index contributed by atoms with van der Waals surface area (Å²) in [5.74, 6) is -0.811. The molecule has 4 heteroatoms. The summed E-state index contributed by atoms with van der Waals surface area (Å²) in [6, 6.07) is 1.82. The second-order valence-corrected chi connectivity index (χ2v) is 2.76. The number of pyridine rings is 1. The molecule has 0 unspecified atom stereocenters. The molecule has 72 valence electrons. The number of carbonyl (C=O) groups is 1. The maximum absolute atomic E-state index is 10.4. The zero-order chi connectivity index (χ0) is 9.14. The van der Waals surface area contributed by atoms with E-state index in [1.54, 1.807) is 6.20 Å². The van der Waals surface area contributed by atoms with Crippen molar-refractivity contribution in [1.82, 2.24) is 4.98 Å². The van der Waals surface area contributed by atoms with E-state index in [-0.39, 0.29) is 18.8 Å². The second kappa shape index (κ2) is 4.82. The average molecular weight is 202 g/mol. The number of carboxylic acids is 1. The molecule has 0 radical (unpaired) electrons. The molecule has 0 bridgehead atoms. The van der Waals surface area contributed by atoms with Crippen molar-refractivity contribution in [3.63, 3.8) is 0 Å². The lowest BCUT2D eigenvalue weighted by Crippen LogP contribution is -2.05. The highest BCUT2D eigenvalue weighted by Gasteiger charge is 2.06. The molecule has 0 aliphatic carbocycles. The van der Waals surface area contributed by atoms with Crippen LogP contribution >= 0.6 is 12.4 Å². The van der Waals surface area contributed by atoms with E-state index < -0.39 is 5.97 Å². The first-order valence-corrected chi connectivity index (χ1v) is 3.74. The molecular weight excluding hydrogens is 190 g/mol. The maximum Gasteiger partial charge on any atom is 0.307 e. The van der Waals surface area contributed by atoms with Crippen molar-refractivity contribution in [3.8, 4) is 0 Å². The number of aliphatic carboxylic acids is 1. The van der Waals surface area contributed by atoms with E-state index in [9.17, 15) is 4.79 Å². The molecule has 0 saturated heterocycles. The van der Waals surface area contributed by atoms with Crippen molar-refractivity contribution in [1.29, 1.82) is 0 Å². The highest BCUT2D eigenvalue weighted by atomic mass is 35.5. The Labute approximate surface area is 83.2 Å². The molecule has 13 heavy (non-hydrogen) atoms. The Kier molecular flexibility index (Phi) is 4.42. The Bertz CT molecular complexity index is 292. The molecule has 0 aliphatic rings. The summed E-state index contributed by atoms with van der Waals surface area (Å²) in [5, 5.41) is 8.59. The van der Waals surface area contributed by atoms with Crippen molar-refractivity contribution in [2.24, 2.45) is 0 Å². The first kappa shape index (κ1) is 11.9. The van der Waals surface area contributed by atoms with Gasteiger partial charge in [-0.15, -0.1) is 12.4 Å². The van der Waals surface area contributed by atoms with Crippen LogP contribution in [0.15, 0.2) is 12.3 Å². The highest BCUT2D eigenvalue weighted by molar-refractivity contribution is 5.85. The predicted molar refractivity (Wildman–Crippen MR) is 52.3 cm³/mol. The SMILES string of the molecule is Cc1ccnc(C)c1CC(=O)O.Cl. The number of hydrogen-bond donors (Lipinski definition) is 1. The summed E-state index contributed by atoms with van der Waals surface area (Å²) in [5.41, 5.74) is 2.62. The normalized spacial score (nSPS) is 9.08. The number of carboxylic acid groups (broad SMARTS) is 1. The number of halogens is 1. The van der Waals surface area contributed by atoms with E-state index in [0.717, 1.165) is 16.8 Å². The molecule has 1 heterocycles. The Morgan fingerprint density at radius 3 is 2.62 bits per heavy atom. The van der Waals surface area contributed by atoms with Crippen LogP contribution in [0.4, 0.5) is 0 Å². The van der Waals surface area contributed by atoms with Crippen molar-refractivity contribution < 1.29 is 9.90 Å². The fraction of sp³-hybridized carbons (Fsp3) is 0.333. The third kappa shape index (κ3) is 3.03. The van der Waals surface area contributed by atoms with E-state index in [2.05, 4.69) is 4.98 Å². The van der Waals surface area contributed by atoms with Crippen molar-refractivity contribution >= 4 is 18.4 Å². The molecule has 0 spiro atoms. The van der Waals surface area contributed by atoms with Crippen LogP contribution in [0.5, 0.6) is 0 Å². The van der Waals surface area contributed by atoms with Crippen LogP contribution in [0.3, 0.4) is 0 Å². The van der Waals surface area contributed by atoms with Crippen molar-refractivity contribution in [2.75, 3.05) is 0 Å². The minimum Gasteiger partial charge on any atom is -0.481 e. The molecule has 1 aromatic heterocycles. The average Bonchev–Trinajstić information content (AvgIpc) is 1.97. The van der Waals surface area contributed by atoms with Gasteiger partial charge in [0.2, 0.25) is 0 Å². The Balaban J connectivity index is 0.00000144. The molecule has 0 saturated carbocycles. The van der Waals surface area contributed by atoms with Crippen molar-refractivity contribution in [2.45, 2.75) is 20.3 Å². The van der Waals surface area contributed by atoms with Crippen LogP contribution in [0, 0.1) is 13.8 Å². The first-order chi connectivity index (χ1) is 5.61. The lowest BCUT2D eigenvalue weighted by atomic mass is 10.1. The van der Waals surface area contributed by atoms with Gasteiger partial charge in [-0.1, -0.05) is 0 Å². The largest absolute Gasteiger partial charge is 0.481 e. The van der Waals surface area contributed by atoms with Gasteiger partial charge in [0.25, 0.3) is 0 Å². The van der Waals surface area contributed by atoms with Gasteiger partial charge < -0.3 is 5.11 Å². The third-order valence-electron chi connectivity index (χ3n) is 1.83. The van der Waals surface area contributed by atoms with E-state index in [1.807, 2.05) is 19.9 Å². The van der Waals surface area contributed by atoms with Crippen LogP contribution in [0.1, 0.15) is 16.8 Å². The van der Waals surface area contributed by atoms with Crippen LogP contribution in [0.2, 0.25) is 0 Å². The molecule has 1 N–H and O–H groups in total. The third-order valence-corrected chi connectivity index (χ3v) is 1.83. The summed E-state index contributed by atoms with van der Waals surface area (Å²) in [6.45, 7) is 3.72. The fourth-order valence-electron chi connectivity index (χ4n) is 1.14. The van der Waals surface area contributed by atoms with E-state index in [4.69, 9.17) is 5.11 Å². The Morgan fingerprint density at radius 1 is 1.54 bits per heavy atom. The summed E-state index contributed by atoms with van der Waals surface area (Å²) < 4.78 is 0. The van der Waals surface area contributed by atoms with Gasteiger partial charge in [0.15, 0.2) is 0 Å². The molecule has 0 aromatic carbocycles. The van der Waals surface area contributed by atoms with Gasteiger partial charge in [-0.2, -0.15) is 0 Å². The molecule has 0 aliphatic heterocycles. The second-order valence-electron chi connectivity index (χ2n) is 2.76. The monoisotopic (exact) mass is 201 g/mol. The standard InChI is InChI=1S/C9H11NO2.ClH/c1-6-3-4-10-7(2)8(6)5-9(11)12;/h3-4H,5H2,1-2H3,(H,11,12);1H. The predicted octanol–water partition coefficient (Wildman–Crippen LogP) is 1.75. The van der Waals surface area contributed by atoms with Crippen LogP contribution in [-0.4, -0.2) is 16.1 Å². The van der Waals surface area contributed by atoms with Gasteiger partial charge in [-0.3, -0.25) is 9.78 Å². The van der Waals surface area contributed by atoms with E-state index >= 15 is 0 Å². The zero-order valence-electron chi connectivity index (χ0n) is 7.57. The number of hydrogen-bond acceptors (Lipinski definition) is 2. The van der Waals surface area contributed by atoms with Crippen LogP contribution in [-0.2, 0) is 11.2 Å². The Morgan fingerprint density at radius 2 is 2.15 bits per heavy atom. The maximum atomic E-state index is 10.4. The van der Waals surface area contributed by atoms with Crippen LogP contribution in [0.25, 0.3) is 0 Å². The number of nitrogens with zero attached hydrogens (tertiary/aromatic N) is 1. The zero-order valence-corrected chi connectivity index (χ0v) is 8.39. The molecule has 0 amide bonds. The summed E-state index contributed by atoms with van der Waals surface area (Å²) in [7, 11) is 0. The van der Waals surface area contributed by atoms with Gasteiger partial charge in [0, 0.05) is 11.9 Å². The quantitative estimate of drug-likeness (QED) is 0.793. The summed E-state index contributed by atoms with van der Waals surface area (Å²) in [4.78, 5) is 14.5. The molecule has 3 nitrogen and oxygen atoms in total. The van der Waals surface area contributed by atoms with Crippen LogP contribution < -0.4 is 0 Å². The lowest BCUT2D eigenvalue weighted by molar-refractivity contribution is -0.136. The molecule has 1 aromatic rings. The van der Waals surface area contributed by atoms with Gasteiger partial charge in [-0.25, -0.2) is 0 Å². The fourth-order valence-corrected chi connectivity index (χ4v) is 1.14. The molecule has 0 fully saturated rings. The summed E-state index contributed by atoms with van der Waals surface area (Å²) >= 11 is 0. The molecule has 1 rings (SSSR count). The van der Waals surface area contributed by atoms with E-state index in [1.165, 1.54) is 0 Å². The van der Waals surface area contributed by atoms with Crippen molar-refractivity contribution in [3.05, 3.63) is 29.1 Å². The molecular formula is C9H12ClNO2. The Hall–Kier alpha value is -1.09. The number of aromatic nitrogens is 1. The minimum absolute atomic E-state index is 0. The minimum atomic E-state index is -0.811. The van der Waals surface area contributed by atoms with Gasteiger partial charge in [0.05, 0.1) is 6.42 Å². The van der Waals surface area contributed by atoms with E-state index in [0.29, 0.717) is 0 Å². The van der Waals surface area contributed by atoms with Gasteiger partial charge >= 0.3 is 5.97 Å². The topological polar surface area (TPSA) is 50.2 Å². The van der Waals surface area contributed by atoms with Gasteiger partial charge in [0.1, 0.15) is 0 Å². The summed E-state index contributed by atoms with van der Waals surface area (Å²) in [6.07, 6.45) is 1.75. The molecule has 0 atom stereocenters. The van der Waals surface area contributed by atoms with Gasteiger partial charge in [-0.05, 0) is 31.0 Å².